The van der Waals surface area contributed by atoms with Crippen molar-refractivity contribution >= 4 is 28.7 Å². The third-order valence-corrected chi connectivity index (χ3v) is 6.73. The maximum atomic E-state index is 14.3. The van der Waals surface area contributed by atoms with Crippen LogP contribution in [0, 0.1) is 5.92 Å². The first-order valence-electron chi connectivity index (χ1n) is 11.6. The van der Waals surface area contributed by atoms with Gasteiger partial charge in [-0.3, -0.25) is 0 Å². The molecule has 1 fully saturated rings. The number of anilines is 1. The number of fused-ring (bicyclic) bond motifs is 1. The van der Waals surface area contributed by atoms with Crippen molar-refractivity contribution in [3.05, 3.63) is 59.0 Å². The smallest absolute Gasteiger partial charge is 0.225 e. The standard InChI is InChI=1S/C25H28ClFN6/c1-16(18-8-3-5-11-21(18)27)30-25-29-14-22-24(32-25)33(15-17-7-6-12-28-13-17)23(31-22)19-9-2-4-10-20(19)26/h2-4,8-10,14,16-17,28H,5-7,11-13,15H2,1H3,(H,29,30,32)/t16-,17+/m0/s1. The van der Waals surface area contributed by atoms with Crippen molar-refractivity contribution in [2.45, 2.75) is 45.2 Å². The van der Waals surface area contributed by atoms with E-state index in [0.29, 0.717) is 28.9 Å². The Balaban J connectivity index is 1.53. The molecule has 1 aromatic carbocycles. The monoisotopic (exact) mass is 466 g/mol. The summed E-state index contributed by atoms with van der Waals surface area (Å²) in [5, 5.41) is 7.42. The second-order valence-corrected chi connectivity index (χ2v) is 9.22. The van der Waals surface area contributed by atoms with Gasteiger partial charge in [-0.2, -0.15) is 4.98 Å². The Labute approximate surface area is 198 Å². The van der Waals surface area contributed by atoms with Crippen molar-refractivity contribution in [1.82, 2.24) is 24.8 Å². The molecular formula is C25H28ClFN6. The highest BCUT2D eigenvalue weighted by atomic mass is 35.5. The Morgan fingerprint density at radius 3 is 2.97 bits per heavy atom. The van der Waals surface area contributed by atoms with E-state index in [1.54, 1.807) is 6.20 Å². The first-order chi connectivity index (χ1) is 16.1. The van der Waals surface area contributed by atoms with Crippen molar-refractivity contribution in [2.75, 3.05) is 18.4 Å². The van der Waals surface area contributed by atoms with Crippen molar-refractivity contribution in [3.8, 4) is 11.4 Å². The number of nitrogens with one attached hydrogen (secondary N) is 2. The quantitative estimate of drug-likeness (QED) is 0.500. The molecule has 172 valence electrons. The van der Waals surface area contributed by atoms with E-state index in [1.807, 2.05) is 43.3 Å². The zero-order valence-electron chi connectivity index (χ0n) is 18.7. The average Bonchev–Trinajstić information content (AvgIpc) is 3.17. The van der Waals surface area contributed by atoms with E-state index in [4.69, 9.17) is 21.6 Å². The highest BCUT2D eigenvalue weighted by molar-refractivity contribution is 6.33. The molecule has 2 aromatic heterocycles. The van der Waals surface area contributed by atoms with Gasteiger partial charge < -0.3 is 15.2 Å². The molecule has 0 radical (unpaired) electrons. The third-order valence-electron chi connectivity index (χ3n) is 6.40. The molecule has 2 aliphatic rings. The Hall–Kier alpha value is -2.77. The molecule has 0 spiro atoms. The number of hydrogen-bond acceptors (Lipinski definition) is 5. The number of piperidine rings is 1. The number of nitrogens with zero attached hydrogens (tertiary/aromatic N) is 4. The maximum Gasteiger partial charge on any atom is 0.225 e. The van der Waals surface area contributed by atoms with Crippen LogP contribution in [-0.2, 0) is 6.54 Å². The van der Waals surface area contributed by atoms with Crippen molar-refractivity contribution < 1.29 is 4.39 Å². The third kappa shape index (κ3) is 4.66. The van der Waals surface area contributed by atoms with Gasteiger partial charge in [0, 0.05) is 24.1 Å². The number of aromatic nitrogens is 4. The van der Waals surface area contributed by atoms with Gasteiger partial charge in [0.25, 0.3) is 0 Å². The van der Waals surface area contributed by atoms with Crippen LogP contribution in [0.3, 0.4) is 0 Å². The summed E-state index contributed by atoms with van der Waals surface area (Å²) in [6.07, 6.45) is 9.09. The van der Waals surface area contributed by atoms with E-state index in [2.05, 4.69) is 20.2 Å². The Kier molecular flexibility index (Phi) is 6.42. The fraction of sp³-hybridized carbons (Fsp3) is 0.400. The number of benzene rings is 1. The van der Waals surface area contributed by atoms with Crippen LogP contribution in [0.5, 0.6) is 0 Å². The molecule has 1 aliphatic heterocycles. The molecule has 3 heterocycles. The number of rotatable bonds is 6. The van der Waals surface area contributed by atoms with E-state index in [-0.39, 0.29) is 11.9 Å². The fourth-order valence-corrected chi connectivity index (χ4v) is 4.87. The molecule has 0 bridgehead atoms. The van der Waals surface area contributed by atoms with Crippen LogP contribution in [0.25, 0.3) is 22.6 Å². The van der Waals surface area contributed by atoms with Crippen LogP contribution in [0.4, 0.5) is 10.3 Å². The Morgan fingerprint density at radius 1 is 1.30 bits per heavy atom. The summed E-state index contributed by atoms with van der Waals surface area (Å²) in [6, 6.07) is 7.51. The predicted octanol–water partition coefficient (Wildman–Crippen LogP) is 5.52. The minimum Gasteiger partial charge on any atom is -0.348 e. The topological polar surface area (TPSA) is 67.7 Å². The summed E-state index contributed by atoms with van der Waals surface area (Å²) >= 11 is 6.54. The van der Waals surface area contributed by atoms with E-state index in [0.717, 1.165) is 61.4 Å². The normalized spacial score (nSPS) is 19.8. The van der Waals surface area contributed by atoms with E-state index in [1.165, 1.54) is 0 Å². The molecule has 1 saturated heterocycles. The molecule has 0 saturated carbocycles. The van der Waals surface area contributed by atoms with Gasteiger partial charge in [-0.1, -0.05) is 35.9 Å². The van der Waals surface area contributed by atoms with Gasteiger partial charge >= 0.3 is 0 Å². The van der Waals surface area contributed by atoms with Crippen molar-refractivity contribution in [1.29, 1.82) is 0 Å². The highest BCUT2D eigenvalue weighted by Crippen LogP contribution is 2.31. The van der Waals surface area contributed by atoms with Crippen LogP contribution in [0.1, 0.15) is 32.6 Å². The van der Waals surface area contributed by atoms with Crippen LogP contribution in [0.15, 0.2) is 54.0 Å². The SMILES string of the molecule is C[C@H](Nc1ncc2nc(-c3ccccc3Cl)n(C[C@@H]3CCCNC3)c2n1)C1=C(F)CCC=C1. The van der Waals surface area contributed by atoms with Gasteiger partial charge in [-0.25, -0.2) is 14.4 Å². The molecule has 1 aliphatic carbocycles. The molecule has 8 heteroatoms. The lowest BCUT2D eigenvalue weighted by molar-refractivity contribution is 0.341. The van der Waals surface area contributed by atoms with E-state index in [9.17, 15) is 4.39 Å². The minimum absolute atomic E-state index is 0.0746. The van der Waals surface area contributed by atoms with Crippen molar-refractivity contribution in [2.24, 2.45) is 5.92 Å². The predicted molar refractivity (Wildman–Crippen MR) is 131 cm³/mol. The second-order valence-electron chi connectivity index (χ2n) is 8.81. The molecule has 0 amide bonds. The van der Waals surface area contributed by atoms with E-state index >= 15 is 0 Å². The number of imidazole rings is 1. The first-order valence-corrected chi connectivity index (χ1v) is 12.0. The van der Waals surface area contributed by atoms with Gasteiger partial charge in [0.15, 0.2) is 5.65 Å². The highest BCUT2D eigenvalue weighted by Gasteiger charge is 2.22. The van der Waals surface area contributed by atoms with Gasteiger partial charge in [0.1, 0.15) is 17.2 Å². The lowest BCUT2D eigenvalue weighted by Crippen LogP contribution is -2.32. The number of allylic oxidation sites excluding steroid dienone is 2. The number of hydrogen-bond donors (Lipinski definition) is 2. The molecule has 0 unspecified atom stereocenters. The second kappa shape index (κ2) is 9.61. The zero-order chi connectivity index (χ0) is 22.8. The van der Waals surface area contributed by atoms with Crippen LogP contribution in [-0.4, -0.2) is 38.7 Å². The molecule has 2 N–H and O–H groups in total. The summed E-state index contributed by atoms with van der Waals surface area (Å²) in [6.45, 7) is 4.75. The van der Waals surface area contributed by atoms with Gasteiger partial charge in [0.2, 0.25) is 5.95 Å². The average molecular weight is 467 g/mol. The molecule has 33 heavy (non-hydrogen) atoms. The summed E-state index contributed by atoms with van der Waals surface area (Å²) in [7, 11) is 0. The van der Waals surface area contributed by atoms with Gasteiger partial charge in [0.05, 0.1) is 17.3 Å². The molecular weight excluding hydrogens is 439 g/mol. The van der Waals surface area contributed by atoms with Gasteiger partial charge in [-0.05, 0) is 57.3 Å². The largest absolute Gasteiger partial charge is 0.348 e. The zero-order valence-corrected chi connectivity index (χ0v) is 19.4. The van der Waals surface area contributed by atoms with Crippen LogP contribution < -0.4 is 10.6 Å². The van der Waals surface area contributed by atoms with Crippen LogP contribution in [0.2, 0.25) is 5.02 Å². The van der Waals surface area contributed by atoms with Crippen LogP contribution >= 0.6 is 11.6 Å². The Morgan fingerprint density at radius 2 is 2.18 bits per heavy atom. The lowest BCUT2D eigenvalue weighted by Gasteiger charge is -2.24. The lowest BCUT2D eigenvalue weighted by atomic mass is 9.99. The molecule has 3 aromatic rings. The van der Waals surface area contributed by atoms with E-state index < -0.39 is 0 Å². The Bertz CT molecular complexity index is 1210. The van der Waals surface area contributed by atoms with Crippen molar-refractivity contribution in [3.63, 3.8) is 0 Å². The molecule has 6 nitrogen and oxygen atoms in total. The summed E-state index contributed by atoms with van der Waals surface area (Å²) < 4.78 is 16.5. The minimum atomic E-state index is -0.235. The molecule has 2 atom stereocenters. The first kappa shape index (κ1) is 22.0. The fourth-order valence-electron chi connectivity index (χ4n) is 4.65. The molecule has 5 rings (SSSR count). The van der Waals surface area contributed by atoms with Gasteiger partial charge in [-0.15, -0.1) is 0 Å². The maximum absolute atomic E-state index is 14.3. The summed E-state index contributed by atoms with van der Waals surface area (Å²) in [4.78, 5) is 14.1. The summed E-state index contributed by atoms with van der Waals surface area (Å²) in [5.74, 6) is 1.66. The summed E-state index contributed by atoms with van der Waals surface area (Å²) in [5.41, 5.74) is 3.01. The number of halogens is 2.